The van der Waals surface area contributed by atoms with Crippen LogP contribution in [0.2, 0.25) is 0 Å². The van der Waals surface area contributed by atoms with Crippen LogP contribution in [0.15, 0.2) is 35.5 Å². The molecule has 1 saturated carbocycles. The number of fused-ring (bicyclic) bond motifs is 2. The molecule has 168 valence electrons. The van der Waals surface area contributed by atoms with E-state index < -0.39 is 11.9 Å². The lowest BCUT2D eigenvalue weighted by Crippen LogP contribution is -2.32. The van der Waals surface area contributed by atoms with Crippen LogP contribution >= 0.6 is 0 Å². The third-order valence-electron chi connectivity index (χ3n) is 7.21. The summed E-state index contributed by atoms with van der Waals surface area (Å²) in [7, 11) is 0. The quantitative estimate of drug-likeness (QED) is 0.645. The molecule has 6 heteroatoms. The van der Waals surface area contributed by atoms with Gasteiger partial charge in [-0.05, 0) is 62.5 Å². The first-order chi connectivity index (χ1) is 15.2. The van der Waals surface area contributed by atoms with Gasteiger partial charge in [-0.3, -0.25) is 0 Å². The SMILES string of the molecule is CC1=C(C(=O)OC2CCC2)C(c2ccccc2F)c2c(nc3c(c2N)CC(C)(C)CC3)N1. The van der Waals surface area contributed by atoms with Gasteiger partial charge in [0.2, 0.25) is 0 Å². The number of carbonyl (C=O) groups excluding carboxylic acids is 1. The monoisotopic (exact) mass is 435 g/mol. The molecule has 1 unspecified atom stereocenters. The van der Waals surface area contributed by atoms with Crippen LogP contribution in [0.3, 0.4) is 0 Å². The molecule has 0 radical (unpaired) electrons. The smallest absolute Gasteiger partial charge is 0.337 e. The maximum absolute atomic E-state index is 15.1. The van der Waals surface area contributed by atoms with E-state index in [1.807, 2.05) is 6.92 Å². The number of halogens is 1. The molecule has 0 amide bonds. The zero-order valence-electron chi connectivity index (χ0n) is 18.9. The van der Waals surface area contributed by atoms with Gasteiger partial charge in [0.25, 0.3) is 0 Å². The summed E-state index contributed by atoms with van der Waals surface area (Å²) < 4.78 is 20.9. The Kier molecular flexibility index (Phi) is 4.99. The first-order valence-electron chi connectivity index (χ1n) is 11.5. The number of anilines is 2. The van der Waals surface area contributed by atoms with Gasteiger partial charge in [0.05, 0.1) is 11.5 Å². The van der Waals surface area contributed by atoms with Crippen molar-refractivity contribution in [3.05, 3.63) is 63.7 Å². The Hall–Kier alpha value is -2.89. The van der Waals surface area contributed by atoms with Crippen molar-refractivity contribution in [3.63, 3.8) is 0 Å². The molecule has 0 bridgehead atoms. The van der Waals surface area contributed by atoms with Crippen molar-refractivity contribution in [1.82, 2.24) is 4.98 Å². The topological polar surface area (TPSA) is 77.2 Å². The number of ether oxygens (including phenoxy) is 1. The average molecular weight is 436 g/mol. The Bertz CT molecular complexity index is 1130. The zero-order chi connectivity index (χ0) is 22.6. The number of allylic oxidation sites excluding steroid dienone is 1. The molecule has 2 aliphatic carbocycles. The summed E-state index contributed by atoms with van der Waals surface area (Å²) >= 11 is 0. The van der Waals surface area contributed by atoms with Gasteiger partial charge in [0, 0.05) is 28.2 Å². The molecule has 2 heterocycles. The highest BCUT2D eigenvalue weighted by Crippen LogP contribution is 2.49. The second-order valence-corrected chi connectivity index (χ2v) is 10.1. The van der Waals surface area contributed by atoms with Crippen LogP contribution in [0.5, 0.6) is 0 Å². The average Bonchev–Trinajstić information content (AvgIpc) is 2.70. The van der Waals surface area contributed by atoms with E-state index in [-0.39, 0.29) is 17.3 Å². The fourth-order valence-corrected chi connectivity index (χ4v) is 5.12. The number of pyridine rings is 1. The molecule has 1 aromatic heterocycles. The largest absolute Gasteiger partial charge is 0.459 e. The lowest BCUT2D eigenvalue weighted by Gasteiger charge is -2.37. The number of nitrogen functional groups attached to an aromatic ring is 1. The standard InChI is InChI=1S/C26H30FN3O2/c1-14-20(25(31)32-15-7-6-8-15)21(16-9-4-5-10-18(16)27)22-23(28)17-13-26(2,3)12-11-19(17)30-24(22)29-14/h4-5,9-10,15,21H,6-8,11-13H2,1-3H3,(H3,28,29,30). The van der Waals surface area contributed by atoms with Crippen molar-refractivity contribution < 1.29 is 13.9 Å². The zero-order valence-corrected chi connectivity index (χ0v) is 18.9. The van der Waals surface area contributed by atoms with Crippen LogP contribution in [0, 0.1) is 11.2 Å². The number of benzene rings is 1. The van der Waals surface area contributed by atoms with Gasteiger partial charge in [-0.2, -0.15) is 0 Å². The Morgan fingerprint density at radius 1 is 1.28 bits per heavy atom. The van der Waals surface area contributed by atoms with Crippen LogP contribution in [0.25, 0.3) is 0 Å². The molecule has 1 aliphatic heterocycles. The van der Waals surface area contributed by atoms with Crippen molar-refractivity contribution >= 4 is 17.5 Å². The highest BCUT2D eigenvalue weighted by molar-refractivity contribution is 5.95. The fraction of sp³-hybridized carbons (Fsp3) is 0.462. The molecule has 32 heavy (non-hydrogen) atoms. The molecule has 1 atom stereocenters. The second-order valence-electron chi connectivity index (χ2n) is 10.1. The Balaban J connectivity index is 1.69. The van der Waals surface area contributed by atoms with Crippen molar-refractivity contribution in [2.75, 3.05) is 11.1 Å². The van der Waals surface area contributed by atoms with Crippen molar-refractivity contribution in [1.29, 1.82) is 0 Å². The van der Waals surface area contributed by atoms with Crippen molar-refractivity contribution in [2.24, 2.45) is 5.41 Å². The second kappa shape index (κ2) is 7.61. The summed E-state index contributed by atoms with van der Waals surface area (Å²) in [5.74, 6) is -0.824. The lowest BCUT2D eigenvalue weighted by atomic mass is 9.73. The Morgan fingerprint density at radius 3 is 2.72 bits per heavy atom. The third kappa shape index (κ3) is 3.46. The Morgan fingerprint density at radius 2 is 2.03 bits per heavy atom. The van der Waals surface area contributed by atoms with E-state index in [4.69, 9.17) is 15.5 Å². The number of aryl methyl sites for hydroxylation is 1. The molecule has 5 rings (SSSR count). The summed E-state index contributed by atoms with van der Waals surface area (Å²) in [4.78, 5) is 18.2. The number of aromatic nitrogens is 1. The summed E-state index contributed by atoms with van der Waals surface area (Å²) in [5, 5.41) is 3.30. The lowest BCUT2D eigenvalue weighted by molar-refractivity contribution is -0.148. The molecule has 2 aromatic rings. The number of nitrogens with zero attached hydrogens (tertiary/aromatic N) is 1. The molecule has 1 aromatic carbocycles. The van der Waals surface area contributed by atoms with E-state index in [1.165, 1.54) is 6.07 Å². The van der Waals surface area contributed by atoms with Gasteiger partial charge >= 0.3 is 5.97 Å². The van der Waals surface area contributed by atoms with E-state index in [1.54, 1.807) is 18.2 Å². The fourth-order valence-electron chi connectivity index (χ4n) is 5.12. The van der Waals surface area contributed by atoms with Gasteiger partial charge < -0.3 is 15.8 Å². The minimum absolute atomic E-state index is 0.0646. The minimum atomic E-state index is -0.664. The van der Waals surface area contributed by atoms with Gasteiger partial charge in [0.15, 0.2) is 0 Å². The molecule has 0 saturated heterocycles. The summed E-state index contributed by atoms with van der Waals surface area (Å²) in [6.45, 7) is 6.29. The number of carbonyl (C=O) groups is 1. The molecule has 3 aliphatic rings. The van der Waals surface area contributed by atoms with E-state index >= 15 is 4.39 Å². The van der Waals surface area contributed by atoms with Crippen LogP contribution in [-0.4, -0.2) is 17.1 Å². The third-order valence-corrected chi connectivity index (χ3v) is 7.21. The Labute approximate surface area is 188 Å². The van der Waals surface area contributed by atoms with Gasteiger partial charge in [-0.1, -0.05) is 32.0 Å². The van der Waals surface area contributed by atoms with E-state index in [2.05, 4.69) is 19.2 Å². The summed E-state index contributed by atoms with van der Waals surface area (Å²) in [6, 6.07) is 6.59. The van der Waals surface area contributed by atoms with Crippen LogP contribution in [-0.2, 0) is 22.4 Å². The number of rotatable bonds is 3. The number of hydrogen-bond acceptors (Lipinski definition) is 5. The van der Waals surface area contributed by atoms with Crippen LogP contribution in [0.4, 0.5) is 15.9 Å². The maximum Gasteiger partial charge on any atom is 0.337 e. The summed E-state index contributed by atoms with van der Waals surface area (Å²) in [5.41, 5.74) is 11.7. The minimum Gasteiger partial charge on any atom is -0.459 e. The first kappa shape index (κ1) is 21.0. The summed E-state index contributed by atoms with van der Waals surface area (Å²) in [6.07, 6.45) is 5.44. The van der Waals surface area contributed by atoms with E-state index in [0.29, 0.717) is 33.9 Å². The maximum atomic E-state index is 15.1. The normalized spacial score (nSPS) is 21.8. The van der Waals surface area contributed by atoms with Gasteiger partial charge in [0.1, 0.15) is 17.7 Å². The van der Waals surface area contributed by atoms with Crippen molar-refractivity contribution in [2.45, 2.75) is 71.3 Å². The van der Waals surface area contributed by atoms with Gasteiger partial charge in [-0.15, -0.1) is 0 Å². The number of nitrogens with one attached hydrogen (secondary N) is 1. The number of nitrogens with two attached hydrogens (primary N) is 1. The predicted molar refractivity (Wildman–Crippen MR) is 123 cm³/mol. The highest BCUT2D eigenvalue weighted by atomic mass is 19.1. The molecule has 0 spiro atoms. The van der Waals surface area contributed by atoms with Crippen molar-refractivity contribution in [3.8, 4) is 0 Å². The van der Waals surface area contributed by atoms with E-state index in [9.17, 15) is 4.79 Å². The first-order valence-corrected chi connectivity index (χ1v) is 11.5. The number of esters is 1. The van der Waals surface area contributed by atoms with Crippen LogP contribution < -0.4 is 11.1 Å². The molecular weight excluding hydrogens is 405 g/mol. The highest BCUT2D eigenvalue weighted by Gasteiger charge is 2.40. The molecule has 3 N–H and O–H groups in total. The number of hydrogen-bond donors (Lipinski definition) is 2. The molecule has 1 fully saturated rings. The molecular formula is C26H30FN3O2. The van der Waals surface area contributed by atoms with Gasteiger partial charge in [-0.25, -0.2) is 14.2 Å². The van der Waals surface area contributed by atoms with E-state index in [0.717, 1.165) is 49.8 Å². The molecule has 5 nitrogen and oxygen atoms in total. The van der Waals surface area contributed by atoms with Crippen LogP contribution in [0.1, 0.15) is 74.8 Å². The predicted octanol–water partition coefficient (Wildman–Crippen LogP) is 5.24.